The first-order valence-electron chi connectivity index (χ1n) is 6.60. The molecule has 21 heavy (non-hydrogen) atoms. The van der Waals surface area contributed by atoms with Gasteiger partial charge in [-0.1, -0.05) is 13.8 Å². The minimum absolute atomic E-state index is 0.0276. The van der Waals surface area contributed by atoms with Gasteiger partial charge in [0.25, 0.3) is 5.91 Å². The molecular weight excluding hydrogens is 285 g/mol. The van der Waals surface area contributed by atoms with Gasteiger partial charge in [-0.25, -0.2) is 9.97 Å². The quantitative estimate of drug-likeness (QED) is 0.908. The van der Waals surface area contributed by atoms with Crippen LogP contribution in [0.2, 0.25) is 0 Å². The molecule has 118 valence electrons. The maximum absolute atomic E-state index is 12.5. The summed E-state index contributed by atoms with van der Waals surface area (Å²) in [7, 11) is 1.56. The molecule has 1 rings (SSSR count). The summed E-state index contributed by atoms with van der Waals surface area (Å²) in [5.74, 6) is -0.371. The van der Waals surface area contributed by atoms with Crippen molar-refractivity contribution in [1.29, 1.82) is 0 Å². The predicted molar refractivity (Wildman–Crippen MR) is 73.3 cm³/mol. The number of halogens is 3. The van der Waals surface area contributed by atoms with E-state index in [1.54, 1.807) is 7.05 Å². The van der Waals surface area contributed by atoms with Crippen molar-refractivity contribution in [3.63, 3.8) is 0 Å². The number of nitrogens with one attached hydrogen (secondary N) is 1. The highest BCUT2D eigenvalue weighted by Gasteiger charge is 2.33. The minimum atomic E-state index is -4.45. The normalized spacial score (nSPS) is 11.6. The smallest absolute Gasteiger partial charge is 0.385 e. The zero-order valence-electron chi connectivity index (χ0n) is 12.5. The van der Waals surface area contributed by atoms with E-state index in [-0.39, 0.29) is 18.2 Å². The highest BCUT2D eigenvalue weighted by atomic mass is 19.4. The third kappa shape index (κ3) is 4.57. The fourth-order valence-electron chi connectivity index (χ4n) is 1.71. The van der Waals surface area contributed by atoms with Crippen molar-refractivity contribution in [3.05, 3.63) is 17.7 Å². The fraction of sp³-hybridized carbons (Fsp3) is 0.615. The average Bonchev–Trinajstić information content (AvgIpc) is 2.42. The molecule has 0 bridgehead atoms. The molecule has 8 heteroatoms. The Balaban J connectivity index is 3.16. The molecule has 0 saturated heterocycles. The summed E-state index contributed by atoms with van der Waals surface area (Å²) >= 11 is 0. The van der Waals surface area contributed by atoms with Gasteiger partial charge < -0.3 is 10.2 Å². The Morgan fingerprint density at radius 1 is 1.43 bits per heavy atom. The molecule has 0 saturated carbocycles. The third-order valence-electron chi connectivity index (χ3n) is 2.83. The van der Waals surface area contributed by atoms with Crippen molar-refractivity contribution in [2.45, 2.75) is 32.9 Å². The zero-order chi connectivity index (χ0) is 16.2. The number of nitrogens with zero attached hydrogens (tertiary/aromatic N) is 3. The number of anilines is 1. The number of carbonyl (C=O) groups excluding carboxylic acids is 1. The van der Waals surface area contributed by atoms with Gasteiger partial charge in [0, 0.05) is 19.5 Å². The van der Waals surface area contributed by atoms with Crippen molar-refractivity contribution in [2.24, 2.45) is 0 Å². The van der Waals surface area contributed by atoms with Crippen LogP contribution in [0.1, 0.15) is 43.0 Å². The standard InChI is InChI=1S/C13H19F3N4O/c1-5-20(7-13(14,15)16)12(21)10-9(17-4)6-18-11(19-10)8(2)3/h6,8,17H,5,7H2,1-4H3. The van der Waals surface area contributed by atoms with Crippen molar-refractivity contribution in [3.8, 4) is 0 Å². The van der Waals surface area contributed by atoms with Crippen LogP contribution >= 0.6 is 0 Å². The topological polar surface area (TPSA) is 58.1 Å². The second-order valence-corrected chi connectivity index (χ2v) is 4.83. The highest BCUT2D eigenvalue weighted by Crippen LogP contribution is 2.21. The van der Waals surface area contributed by atoms with Gasteiger partial charge in [-0.3, -0.25) is 4.79 Å². The average molecular weight is 304 g/mol. The maximum Gasteiger partial charge on any atom is 0.406 e. The molecule has 0 aliphatic rings. The summed E-state index contributed by atoms with van der Waals surface area (Å²) in [5.41, 5.74) is 0.271. The lowest BCUT2D eigenvalue weighted by Crippen LogP contribution is -2.39. The van der Waals surface area contributed by atoms with Crippen LogP contribution in [-0.4, -0.2) is 47.1 Å². The fourth-order valence-corrected chi connectivity index (χ4v) is 1.71. The monoisotopic (exact) mass is 304 g/mol. The molecule has 0 radical (unpaired) electrons. The molecule has 1 N–H and O–H groups in total. The Morgan fingerprint density at radius 3 is 2.48 bits per heavy atom. The van der Waals surface area contributed by atoms with Gasteiger partial charge in [0.1, 0.15) is 12.4 Å². The molecule has 1 amide bonds. The lowest BCUT2D eigenvalue weighted by molar-refractivity contribution is -0.140. The molecule has 0 unspecified atom stereocenters. The predicted octanol–water partition coefficient (Wildman–Crippen LogP) is 2.67. The van der Waals surface area contributed by atoms with Gasteiger partial charge in [-0.2, -0.15) is 13.2 Å². The first-order valence-corrected chi connectivity index (χ1v) is 6.60. The Hall–Kier alpha value is -1.86. The molecular formula is C13H19F3N4O. The first kappa shape index (κ1) is 17.2. The van der Waals surface area contributed by atoms with E-state index in [9.17, 15) is 18.0 Å². The molecule has 0 aliphatic heterocycles. The van der Waals surface area contributed by atoms with E-state index in [2.05, 4.69) is 15.3 Å². The lowest BCUT2D eigenvalue weighted by Gasteiger charge is -2.23. The van der Waals surface area contributed by atoms with Crippen molar-refractivity contribution in [2.75, 3.05) is 25.5 Å². The minimum Gasteiger partial charge on any atom is -0.385 e. The highest BCUT2D eigenvalue weighted by molar-refractivity contribution is 5.97. The molecule has 0 spiro atoms. The first-order chi connectivity index (χ1) is 9.69. The van der Waals surface area contributed by atoms with Crippen molar-refractivity contribution < 1.29 is 18.0 Å². The molecule has 0 atom stereocenters. The van der Waals surface area contributed by atoms with Gasteiger partial charge in [-0.15, -0.1) is 0 Å². The molecule has 1 heterocycles. The second kappa shape index (κ2) is 6.73. The van der Waals surface area contributed by atoms with E-state index in [0.717, 1.165) is 0 Å². The van der Waals surface area contributed by atoms with E-state index in [1.165, 1.54) is 13.1 Å². The van der Waals surface area contributed by atoms with Gasteiger partial charge in [-0.05, 0) is 6.92 Å². The van der Waals surface area contributed by atoms with Crippen molar-refractivity contribution >= 4 is 11.6 Å². The van der Waals surface area contributed by atoms with Crippen LogP contribution in [-0.2, 0) is 0 Å². The number of aromatic nitrogens is 2. The van der Waals surface area contributed by atoms with E-state index >= 15 is 0 Å². The van der Waals surface area contributed by atoms with Crippen LogP contribution in [0.25, 0.3) is 0 Å². The third-order valence-corrected chi connectivity index (χ3v) is 2.83. The van der Waals surface area contributed by atoms with Crippen LogP contribution in [0.15, 0.2) is 6.20 Å². The molecule has 1 aromatic heterocycles. The summed E-state index contributed by atoms with van der Waals surface area (Å²) in [6, 6.07) is 0. The molecule has 5 nitrogen and oxygen atoms in total. The van der Waals surface area contributed by atoms with Crippen molar-refractivity contribution in [1.82, 2.24) is 14.9 Å². The summed E-state index contributed by atoms with van der Waals surface area (Å²) in [6.45, 7) is 3.83. The van der Waals surface area contributed by atoms with Gasteiger partial charge in [0.15, 0.2) is 5.69 Å². The van der Waals surface area contributed by atoms with Crippen LogP contribution in [0.3, 0.4) is 0 Å². The second-order valence-electron chi connectivity index (χ2n) is 4.83. The van der Waals surface area contributed by atoms with Crippen LogP contribution < -0.4 is 5.32 Å². The summed E-state index contributed by atoms with van der Waals surface area (Å²) in [6.07, 6.45) is -3.03. The summed E-state index contributed by atoms with van der Waals surface area (Å²) < 4.78 is 37.5. The molecule has 0 fully saturated rings. The van der Waals surface area contributed by atoms with Crippen LogP contribution in [0.5, 0.6) is 0 Å². The zero-order valence-corrected chi connectivity index (χ0v) is 12.5. The molecule has 1 aromatic rings. The van der Waals surface area contributed by atoms with Crippen LogP contribution in [0, 0.1) is 0 Å². The largest absolute Gasteiger partial charge is 0.406 e. The van der Waals surface area contributed by atoms with E-state index in [1.807, 2.05) is 13.8 Å². The van der Waals surface area contributed by atoms with Crippen LogP contribution in [0.4, 0.5) is 18.9 Å². The molecule has 0 aliphatic carbocycles. The van der Waals surface area contributed by atoms with Gasteiger partial charge in [0.05, 0.1) is 11.9 Å². The van der Waals surface area contributed by atoms with E-state index < -0.39 is 18.6 Å². The Labute approximate surface area is 121 Å². The summed E-state index contributed by atoms with van der Waals surface area (Å²) in [4.78, 5) is 21.2. The number of hydrogen-bond acceptors (Lipinski definition) is 4. The Morgan fingerprint density at radius 2 is 2.05 bits per heavy atom. The SMILES string of the molecule is CCN(CC(F)(F)F)C(=O)c1nc(C(C)C)ncc1NC. The Kier molecular flexibility index (Phi) is 5.51. The van der Waals surface area contributed by atoms with Gasteiger partial charge >= 0.3 is 6.18 Å². The number of alkyl halides is 3. The number of hydrogen-bond donors (Lipinski definition) is 1. The van der Waals surface area contributed by atoms with E-state index in [0.29, 0.717) is 16.4 Å². The number of amides is 1. The lowest BCUT2D eigenvalue weighted by atomic mass is 10.2. The Bertz CT molecular complexity index is 503. The number of rotatable bonds is 5. The maximum atomic E-state index is 12.5. The summed E-state index contributed by atoms with van der Waals surface area (Å²) in [5, 5.41) is 2.73. The van der Waals surface area contributed by atoms with E-state index in [4.69, 9.17) is 0 Å². The van der Waals surface area contributed by atoms with Gasteiger partial charge in [0.2, 0.25) is 0 Å². The molecule has 0 aromatic carbocycles. The number of carbonyl (C=O) groups is 1.